The van der Waals surface area contributed by atoms with Crippen LogP contribution in [-0.4, -0.2) is 17.3 Å². The van der Waals surface area contributed by atoms with Crippen molar-refractivity contribution < 1.29 is 4.79 Å². The van der Waals surface area contributed by atoms with Gasteiger partial charge in [0.1, 0.15) is 0 Å². The zero-order valence-corrected chi connectivity index (χ0v) is 12.8. The van der Waals surface area contributed by atoms with Crippen molar-refractivity contribution in [2.24, 2.45) is 0 Å². The molecule has 0 saturated heterocycles. The maximum Gasteiger partial charge on any atom is 0.220 e. The second kappa shape index (κ2) is 8.30. The minimum absolute atomic E-state index is 0.156. The van der Waals surface area contributed by atoms with Gasteiger partial charge in [0.15, 0.2) is 0 Å². The lowest BCUT2D eigenvalue weighted by atomic mass is 10.1. The molecule has 0 heterocycles. The molecule has 0 aliphatic heterocycles. The number of alkyl halides is 1. The Bertz CT molecular complexity index is 361. The lowest BCUT2D eigenvalue weighted by molar-refractivity contribution is -0.121. The predicted molar refractivity (Wildman–Crippen MR) is 80.1 cm³/mol. The van der Waals surface area contributed by atoms with Gasteiger partial charge in [0, 0.05) is 17.8 Å². The first-order chi connectivity index (χ1) is 8.65. The van der Waals surface area contributed by atoms with Crippen LogP contribution in [0.1, 0.15) is 37.3 Å². The second-order valence-electron chi connectivity index (χ2n) is 4.64. The minimum Gasteiger partial charge on any atom is -0.353 e. The number of rotatable bonds is 7. The quantitative estimate of drug-likeness (QED) is 0.766. The van der Waals surface area contributed by atoms with E-state index in [4.69, 9.17) is 0 Å². The molecule has 0 aromatic heterocycles. The molecule has 100 valence electrons. The topological polar surface area (TPSA) is 29.1 Å². The molecule has 0 spiro atoms. The number of carbonyl (C=O) groups is 1. The molecule has 0 fully saturated rings. The van der Waals surface area contributed by atoms with Crippen molar-refractivity contribution >= 4 is 21.8 Å². The van der Waals surface area contributed by atoms with E-state index in [1.165, 1.54) is 11.1 Å². The summed E-state index contributed by atoms with van der Waals surface area (Å²) < 4.78 is 0. The molecule has 1 N–H and O–H groups in total. The van der Waals surface area contributed by atoms with E-state index in [0.29, 0.717) is 12.5 Å². The van der Waals surface area contributed by atoms with Gasteiger partial charge in [0.2, 0.25) is 5.91 Å². The van der Waals surface area contributed by atoms with Crippen LogP contribution in [0.25, 0.3) is 0 Å². The van der Waals surface area contributed by atoms with E-state index in [0.717, 1.165) is 24.6 Å². The summed E-state index contributed by atoms with van der Waals surface area (Å²) in [7, 11) is 0. The number of hydrogen-bond acceptors (Lipinski definition) is 1. The van der Waals surface area contributed by atoms with Crippen molar-refractivity contribution in [3.05, 3.63) is 35.4 Å². The maximum absolute atomic E-state index is 11.8. The van der Waals surface area contributed by atoms with Crippen LogP contribution in [0.5, 0.6) is 0 Å². The number of hydrogen-bond donors (Lipinski definition) is 1. The Labute approximate surface area is 118 Å². The lowest BCUT2D eigenvalue weighted by Crippen LogP contribution is -2.34. The Morgan fingerprint density at radius 1 is 1.33 bits per heavy atom. The molecule has 0 aliphatic rings. The number of carbonyl (C=O) groups excluding carboxylic acids is 1. The fraction of sp³-hybridized carbons (Fsp3) is 0.533. The largest absolute Gasteiger partial charge is 0.353 e. The number of halogens is 1. The van der Waals surface area contributed by atoms with Crippen LogP contribution in [0.4, 0.5) is 0 Å². The fourth-order valence-electron chi connectivity index (χ4n) is 1.82. The van der Waals surface area contributed by atoms with Crippen molar-refractivity contribution in [3.8, 4) is 0 Å². The molecule has 0 saturated carbocycles. The average Bonchev–Trinajstić information content (AvgIpc) is 2.37. The first kappa shape index (κ1) is 15.2. The Kier molecular flexibility index (Phi) is 7.02. The molecule has 1 amide bonds. The third-order valence-electron chi connectivity index (χ3n) is 3.08. The Morgan fingerprint density at radius 2 is 2.00 bits per heavy atom. The molecule has 2 nitrogen and oxygen atoms in total. The monoisotopic (exact) mass is 311 g/mol. The van der Waals surface area contributed by atoms with Crippen molar-refractivity contribution in [2.45, 2.75) is 45.6 Å². The Hall–Kier alpha value is -0.830. The molecule has 1 aromatic rings. The third kappa shape index (κ3) is 5.67. The summed E-state index contributed by atoms with van der Waals surface area (Å²) in [5, 5.41) is 4.01. The fourth-order valence-corrected chi connectivity index (χ4v) is 2.38. The van der Waals surface area contributed by atoms with E-state index in [-0.39, 0.29) is 5.91 Å². The number of amides is 1. The van der Waals surface area contributed by atoms with Crippen LogP contribution < -0.4 is 5.32 Å². The summed E-state index contributed by atoms with van der Waals surface area (Å²) in [6, 6.07) is 8.67. The van der Waals surface area contributed by atoms with E-state index < -0.39 is 0 Å². The standard InChI is InChI=1S/C15H22BrNO/c1-3-14(10-11-16)17-15(18)9-8-13-6-4-12(2)5-7-13/h4-7,14H,3,8-11H2,1-2H3,(H,17,18). The van der Waals surface area contributed by atoms with Gasteiger partial charge in [-0.25, -0.2) is 0 Å². The second-order valence-corrected chi connectivity index (χ2v) is 5.43. The summed E-state index contributed by atoms with van der Waals surface area (Å²) >= 11 is 3.41. The smallest absolute Gasteiger partial charge is 0.220 e. The van der Waals surface area contributed by atoms with Gasteiger partial charge in [-0.2, -0.15) is 0 Å². The van der Waals surface area contributed by atoms with Gasteiger partial charge in [-0.1, -0.05) is 52.7 Å². The van der Waals surface area contributed by atoms with E-state index in [9.17, 15) is 4.79 Å². The molecule has 1 rings (SSSR count). The summed E-state index contributed by atoms with van der Waals surface area (Å²) in [6.07, 6.45) is 3.37. The van der Waals surface area contributed by atoms with Crippen LogP contribution in [0.15, 0.2) is 24.3 Å². The molecule has 1 unspecified atom stereocenters. The van der Waals surface area contributed by atoms with Gasteiger partial charge in [-0.05, 0) is 31.7 Å². The molecular formula is C15H22BrNO. The SMILES string of the molecule is CCC(CCBr)NC(=O)CCc1ccc(C)cc1. The number of nitrogens with one attached hydrogen (secondary N) is 1. The Morgan fingerprint density at radius 3 is 2.56 bits per heavy atom. The van der Waals surface area contributed by atoms with Crippen molar-refractivity contribution in [1.29, 1.82) is 0 Å². The highest BCUT2D eigenvalue weighted by atomic mass is 79.9. The highest BCUT2D eigenvalue weighted by Crippen LogP contribution is 2.06. The zero-order chi connectivity index (χ0) is 13.4. The summed E-state index contributed by atoms with van der Waals surface area (Å²) in [5.41, 5.74) is 2.48. The van der Waals surface area contributed by atoms with Gasteiger partial charge in [-0.3, -0.25) is 4.79 Å². The van der Waals surface area contributed by atoms with E-state index in [2.05, 4.69) is 59.4 Å². The van der Waals surface area contributed by atoms with Gasteiger partial charge in [0.25, 0.3) is 0 Å². The third-order valence-corrected chi connectivity index (χ3v) is 3.53. The molecule has 1 atom stereocenters. The summed E-state index contributed by atoms with van der Waals surface area (Å²) in [5.74, 6) is 0.156. The van der Waals surface area contributed by atoms with Gasteiger partial charge < -0.3 is 5.32 Å². The van der Waals surface area contributed by atoms with Crippen LogP contribution in [0.2, 0.25) is 0 Å². The van der Waals surface area contributed by atoms with Gasteiger partial charge in [0.05, 0.1) is 0 Å². The normalized spacial score (nSPS) is 12.2. The van der Waals surface area contributed by atoms with Crippen LogP contribution >= 0.6 is 15.9 Å². The van der Waals surface area contributed by atoms with Crippen molar-refractivity contribution in [1.82, 2.24) is 5.32 Å². The van der Waals surface area contributed by atoms with Crippen molar-refractivity contribution in [3.63, 3.8) is 0 Å². The highest BCUT2D eigenvalue weighted by Gasteiger charge is 2.09. The molecule has 3 heteroatoms. The number of benzene rings is 1. The van der Waals surface area contributed by atoms with Crippen LogP contribution in [-0.2, 0) is 11.2 Å². The first-order valence-corrected chi connectivity index (χ1v) is 7.68. The zero-order valence-electron chi connectivity index (χ0n) is 11.2. The predicted octanol–water partition coefficient (Wildman–Crippen LogP) is 3.61. The van der Waals surface area contributed by atoms with Crippen LogP contribution in [0, 0.1) is 6.92 Å². The molecule has 0 bridgehead atoms. The van der Waals surface area contributed by atoms with E-state index in [1.54, 1.807) is 0 Å². The summed E-state index contributed by atoms with van der Waals surface area (Å²) in [4.78, 5) is 11.8. The number of aryl methyl sites for hydroxylation is 2. The molecule has 0 aliphatic carbocycles. The van der Waals surface area contributed by atoms with Gasteiger partial charge >= 0.3 is 0 Å². The Balaban J connectivity index is 2.34. The molecule has 0 radical (unpaired) electrons. The van der Waals surface area contributed by atoms with Crippen molar-refractivity contribution in [2.75, 3.05) is 5.33 Å². The average molecular weight is 312 g/mol. The summed E-state index contributed by atoms with van der Waals surface area (Å²) in [6.45, 7) is 4.18. The molecular weight excluding hydrogens is 290 g/mol. The maximum atomic E-state index is 11.8. The molecule has 18 heavy (non-hydrogen) atoms. The van der Waals surface area contributed by atoms with E-state index in [1.807, 2.05) is 0 Å². The minimum atomic E-state index is 0.156. The highest BCUT2D eigenvalue weighted by molar-refractivity contribution is 9.09. The van der Waals surface area contributed by atoms with Crippen LogP contribution in [0.3, 0.4) is 0 Å². The lowest BCUT2D eigenvalue weighted by Gasteiger charge is -2.15. The molecule has 1 aromatic carbocycles. The first-order valence-electron chi connectivity index (χ1n) is 6.56. The van der Waals surface area contributed by atoms with Gasteiger partial charge in [-0.15, -0.1) is 0 Å². The van der Waals surface area contributed by atoms with E-state index >= 15 is 0 Å².